The van der Waals surface area contributed by atoms with Gasteiger partial charge in [-0.15, -0.1) is 0 Å². The van der Waals surface area contributed by atoms with E-state index in [0.717, 1.165) is 6.92 Å². The molecular formula is C18H25NO13. The molecule has 0 aliphatic heterocycles. The third-order valence-electron chi connectivity index (χ3n) is 3.60. The van der Waals surface area contributed by atoms with Crippen LogP contribution in [0.25, 0.3) is 0 Å². The molecule has 1 amide bonds. The SMILES string of the molecule is CC(=O)NC(COC(=O)CCC(=O)O)(COC(=O)CCC(=O)O)COC(=O)CCC(=O)O. The van der Waals surface area contributed by atoms with Gasteiger partial charge in [0.15, 0.2) is 0 Å². The second-order valence-electron chi connectivity index (χ2n) is 6.62. The van der Waals surface area contributed by atoms with Gasteiger partial charge in [-0.1, -0.05) is 0 Å². The van der Waals surface area contributed by atoms with Crippen LogP contribution in [0.15, 0.2) is 0 Å². The van der Waals surface area contributed by atoms with Crippen molar-refractivity contribution in [3.63, 3.8) is 0 Å². The van der Waals surface area contributed by atoms with Gasteiger partial charge in [-0.2, -0.15) is 0 Å². The zero-order valence-electron chi connectivity index (χ0n) is 17.3. The summed E-state index contributed by atoms with van der Waals surface area (Å²) in [5, 5.41) is 28.2. The van der Waals surface area contributed by atoms with Crippen LogP contribution in [-0.4, -0.2) is 82.4 Å². The number of carboxylic acids is 3. The molecule has 14 nitrogen and oxygen atoms in total. The third-order valence-corrected chi connectivity index (χ3v) is 3.60. The van der Waals surface area contributed by atoms with Crippen LogP contribution in [0, 0.1) is 0 Å². The lowest BCUT2D eigenvalue weighted by molar-refractivity contribution is -0.161. The van der Waals surface area contributed by atoms with Gasteiger partial charge >= 0.3 is 35.8 Å². The van der Waals surface area contributed by atoms with Crippen molar-refractivity contribution in [3.8, 4) is 0 Å². The number of nitrogens with one attached hydrogen (secondary N) is 1. The number of carboxylic acid groups (broad SMARTS) is 3. The first-order valence-corrected chi connectivity index (χ1v) is 9.26. The molecule has 32 heavy (non-hydrogen) atoms. The Morgan fingerprint density at radius 2 is 0.875 bits per heavy atom. The molecule has 0 aromatic rings. The van der Waals surface area contributed by atoms with Crippen molar-refractivity contribution in [1.29, 1.82) is 0 Å². The molecule has 0 aliphatic rings. The van der Waals surface area contributed by atoms with Gasteiger partial charge in [-0.25, -0.2) is 0 Å². The molecule has 0 saturated carbocycles. The average molecular weight is 463 g/mol. The molecule has 0 unspecified atom stereocenters. The van der Waals surface area contributed by atoms with Gasteiger partial charge in [0, 0.05) is 6.92 Å². The van der Waals surface area contributed by atoms with Crippen LogP contribution in [0.3, 0.4) is 0 Å². The van der Waals surface area contributed by atoms with E-state index in [1.165, 1.54) is 0 Å². The van der Waals surface area contributed by atoms with E-state index < -0.39 is 106 Å². The Bertz CT molecular complexity index is 647. The number of ether oxygens (including phenoxy) is 3. The summed E-state index contributed by atoms with van der Waals surface area (Å²) < 4.78 is 14.8. The van der Waals surface area contributed by atoms with E-state index in [-0.39, 0.29) is 0 Å². The van der Waals surface area contributed by atoms with Crippen molar-refractivity contribution >= 4 is 41.7 Å². The Balaban J connectivity index is 5.34. The maximum atomic E-state index is 11.8. The lowest BCUT2D eigenvalue weighted by atomic mass is 10.0. The van der Waals surface area contributed by atoms with Crippen molar-refractivity contribution in [1.82, 2.24) is 5.32 Å². The molecule has 0 heterocycles. The molecule has 0 aliphatic carbocycles. The molecule has 0 aromatic carbocycles. The number of amides is 1. The minimum atomic E-state index is -1.79. The molecule has 0 spiro atoms. The van der Waals surface area contributed by atoms with Crippen molar-refractivity contribution in [2.45, 2.75) is 51.0 Å². The maximum Gasteiger partial charge on any atom is 0.306 e. The molecule has 0 fully saturated rings. The van der Waals surface area contributed by atoms with E-state index in [1.807, 2.05) is 0 Å². The molecule has 0 bridgehead atoms. The van der Waals surface area contributed by atoms with Gasteiger partial charge in [0.05, 0.1) is 38.5 Å². The smallest absolute Gasteiger partial charge is 0.306 e. The fourth-order valence-corrected chi connectivity index (χ4v) is 2.11. The maximum absolute atomic E-state index is 11.8. The van der Waals surface area contributed by atoms with E-state index in [0.29, 0.717) is 0 Å². The van der Waals surface area contributed by atoms with Crippen molar-refractivity contribution in [2.24, 2.45) is 0 Å². The fourth-order valence-electron chi connectivity index (χ4n) is 2.11. The van der Waals surface area contributed by atoms with Crippen LogP contribution < -0.4 is 5.32 Å². The first-order valence-electron chi connectivity index (χ1n) is 9.26. The number of hydrogen-bond donors (Lipinski definition) is 4. The summed E-state index contributed by atoms with van der Waals surface area (Å²) in [5.74, 6) is -7.35. The second kappa shape index (κ2) is 14.3. The Morgan fingerprint density at radius 1 is 0.594 bits per heavy atom. The molecule has 14 heteroatoms. The summed E-state index contributed by atoms with van der Waals surface area (Å²) in [7, 11) is 0. The number of carbonyl (C=O) groups is 7. The Kier molecular flexibility index (Phi) is 12.7. The number of esters is 3. The van der Waals surface area contributed by atoms with E-state index in [1.54, 1.807) is 0 Å². The number of rotatable bonds is 16. The molecule has 0 aromatic heterocycles. The first-order chi connectivity index (χ1) is 14.8. The molecule has 0 atom stereocenters. The summed E-state index contributed by atoms with van der Waals surface area (Å²) in [5.41, 5.74) is -1.79. The first kappa shape index (κ1) is 28.3. The quantitative estimate of drug-likeness (QED) is 0.161. The lowest BCUT2D eigenvalue weighted by Crippen LogP contribution is -2.58. The molecule has 4 N–H and O–H groups in total. The van der Waals surface area contributed by atoms with E-state index in [9.17, 15) is 33.6 Å². The molecular weight excluding hydrogens is 438 g/mol. The van der Waals surface area contributed by atoms with E-state index >= 15 is 0 Å². The highest BCUT2D eigenvalue weighted by Crippen LogP contribution is 2.12. The topological polar surface area (TPSA) is 220 Å². The average Bonchev–Trinajstić information content (AvgIpc) is 2.69. The third kappa shape index (κ3) is 14.3. The van der Waals surface area contributed by atoms with E-state index in [4.69, 9.17) is 29.5 Å². The number of carbonyl (C=O) groups excluding carboxylic acids is 4. The number of hydrogen-bond acceptors (Lipinski definition) is 10. The highest BCUT2D eigenvalue weighted by molar-refractivity contribution is 5.78. The van der Waals surface area contributed by atoms with Gasteiger partial charge in [0.1, 0.15) is 25.4 Å². The summed E-state index contributed by atoms with van der Waals surface area (Å²) in [6, 6.07) is 0. The van der Waals surface area contributed by atoms with Crippen molar-refractivity contribution in [3.05, 3.63) is 0 Å². The van der Waals surface area contributed by atoms with Gasteiger partial charge in [0.2, 0.25) is 5.91 Å². The summed E-state index contributed by atoms with van der Waals surface area (Å²) >= 11 is 0. The normalized spacial score (nSPS) is 10.5. The monoisotopic (exact) mass is 463 g/mol. The Labute approximate surface area is 181 Å². The Hall–Kier alpha value is -3.71. The van der Waals surface area contributed by atoms with Crippen LogP contribution in [0.2, 0.25) is 0 Å². The highest BCUT2D eigenvalue weighted by Gasteiger charge is 2.37. The largest absolute Gasteiger partial charge is 0.481 e. The molecule has 0 saturated heterocycles. The van der Waals surface area contributed by atoms with E-state index in [2.05, 4.69) is 5.32 Å². The van der Waals surface area contributed by atoms with Gasteiger partial charge in [-0.3, -0.25) is 33.6 Å². The van der Waals surface area contributed by atoms with Crippen LogP contribution in [0.1, 0.15) is 45.4 Å². The second-order valence-corrected chi connectivity index (χ2v) is 6.62. The van der Waals surface area contributed by atoms with Gasteiger partial charge in [-0.05, 0) is 0 Å². The van der Waals surface area contributed by atoms with Gasteiger partial charge in [0.25, 0.3) is 0 Å². The zero-order chi connectivity index (χ0) is 24.7. The molecule has 180 valence electrons. The van der Waals surface area contributed by atoms with Crippen LogP contribution in [-0.2, 0) is 47.8 Å². The predicted octanol–water partition coefficient (Wildman–Crippen LogP) is -0.915. The fraction of sp³-hybridized carbons (Fsp3) is 0.611. The summed E-state index contributed by atoms with van der Waals surface area (Å²) in [6.07, 6.45) is -3.08. The van der Waals surface area contributed by atoms with Gasteiger partial charge < -0.3 is 34.8 Å². The minimum absolute atomic E-state index is 0.498. The highest BCUT2D eigenvalue weighted by atomic mass is 16.6. The number of aliphatic carboxylic acids is 3. The van der Waals surface area contributed by atoms with Crippen molar-refractivity contribution in [2.75, 3.05) is 19.8 Å². The van der Waals surface area contributed by atoms with Crippen LogP contribution >= 0.6 is 0 Å². The van der Waals surface area contributed by atoms with Crippen molar-refractivity contribution < 1.29 is 63.1 Å². The van der Waals surface area contributed by atoms with Crippen LogP contribution in [0.4, 0.5) is 0 Å². The summed E-state index contributed by atoms with van der Waals surface area (Å²) in [6.45, 7) is -1.00. The Morgan fingerprint density at radius 3 is 1.09 bits per heavy atom. The molecule has 0 radical (unpaired) electrons. The lowest BCUT2D eigenvalue weighted by Gasteiger charge is -2.32. The predicted molar refractivity (Wildman–Crippen MR) is 100 cm³/mol. The standard InChI is InChI=1S/C18H25NO13/c1-11(20)19-18(8-30-15(27)5-2-12(21)22,9-31-16(28)6-3-13(23)24)10-32-17(29)7-4-14(25)26/h2-10H2,1H3,(H,19,20)(H,21,22)(H,23,24)(H,25,26). The zero-order valence-corrected chi connectivity index (χ0v) is 17.3. The van der Waals surface area contributed by atoms with Crippen LogP contribution in [0.5, 0.6) is 0 Å². The molecule has 0 rings (SSSR count). The summed E-state index contributed by atoms with van der Waals surface area (Å²) in [4.78, 5) is 78.7. The minimum Gasteiger partial charge on any atom is -0.481 e.